The molecule has 2 rings (SSSR count). The van der Waals surface area contributed by atoms with Gasteiger partial charge in [-0.1, -0.05) is 12.1 Å². The van der Waals surface area contributed by atoms with Gasteiger partial charge in [0.25, 0.3) is 0 Å². The van der Waals surface area contributed by atoms with Crippen molar-refractivity contribution < 1.29 is 4.74 Å². The third-order valence-corrected chi connectivity index (χ3v) is 2.69. The first-order chi connectivity index (χ1) is 7.38. The lowest BCUT2D eigenvalue weighted by atomic mass is 10.2. The van der Waals surface area contributed by atoms with Gasteiger partial charge >= 0.3 is 0 Å². The van der Waals surface area contributed by atoms with Crippen molar-refractivity contribution in [1.82, 2.24) is 0 Å². The van der Waals surface area contributed by atoms with Crippen molar-refractivity contribution in [1.29, 1.82) is 0 Å². The average molecular weight is 204 g/mol. The monoisotopic (exact) mass is 204 g/mol. The van der Waals surface area contributed by atoms with Gasteiger partial charge in [0.05, 0.1) is 12.3 Å². The van der Waals surface area contributed by atoms with Crippen LogP contribution in [0.3, 0.4) is 0 Å². The summed E-state index contributed by atoms with van der Waals surface area (Å²) in [6.45, 7) is 0. The SMILES string of the molecule is NN=Cc1cccc(OC2CCCC2)c1. The van der Waals surface area contributed by atoms with E-state index < -0.39 is 0 Å². The number of nitrogens with two attached hydrogens (primary N) is 1. The van der Waals surface area contributed by atoms with Crippen LogP contribution in [-0.2, 0) is 0 Å². The van der Waals surface area contributed by atoms with E-state index in [1.807, 2.05) is 24.3 Å². The van der Waals surface area contributed by atoms with E-state index in [1.165, 1.54) is 25.7 Å². The molecule has 0 radical (unpaired) electrons. The van der Waals surface area contributed by atoms with Crippen molar-refractivity contribution in [2.75, 3.05) is 0 Å². The zero-order chi connectivity index (χ0) is 10.5. The van der Waals surface area contributed by atoms with Gasteiger partial charge in [0.1, 0.15) is 5.75 Å². The van der Waals surface area contributed by atoms with E-state index in [0.29, 0.717) is 6.10 Å². The molecule has 80 valence electrons. The lowest BCUT2D eigenvalue weighted by molar-refractivity contribution is 0.210. The Morgan fingerprint density at radius 1 is 1.33 bits per heavy atom. The van der Waals surface area contributed by atoms with Crippen molar-refractivity contribution in [3.8, 4) is 5.75 Å². The maximum Gasteiger partial charge on any atom is 0.120 e. The first kappa shape index (κ1) is 10.0. The predicted octanol–water partition coefficient (Wildman–Crippen LogP) is 2.30. The molecule has 1 fully saturated rings. The maximum absolute atomic E-state index is 5.86. The fourth-order valence-electron chi connectivity index (χ4n) is 1.95. The molecular formula is C12H16N2O. The summed E-state index contributed by atoms with van der Waals surface area (Å²) in [7, 11) is 0. The van der Waals surface area contributed by atoms with Crippen molar-refractivity contribution in [2.45, 2.75) is 31.8 Å². The molecule has 0 spiro atoms. The second-order valence-electron chi connectivity index (χ2n) is 3.87. The van der Waals surface area contributed by atoms with Crippen LogP contribution in [0.25, 0.3) is 0 Å². The van der Waals surface area contributed by atoms with Gasteiger partial charge in [0, 0.05) is 0 Å². The average Bonchev–Trinajstić information content (AvgIpc) is 2.71. The van der Waals surface area contributed by atoms with Crippen molar-refractivity contribution >= 4 is 6.21 Å². The van der Waals surface area contributed by atoms with Crippen LogP contribution < -0.4 is 10.6 Å². The molecule has 1 aromatic carbocycles. The van der Waals surface area contributed by atoms with Gasteiger partial charge in [-0.15, -0.1) is 0 Å². The highest BCUT2D eigenvalue weighted by molar-refractivity contribution is 5.79. The number of rotatable bonds is 3. The van der Waals surface area contributed by atoms with E-state index >= 15 is 0 Å². The molecule has 3 heteroatoms. The van der Waals surface area contributed by atoms with Crippen molar-refractivity contribution in [2.24, 2.45) is 10.9 Å². The molecule has 3 nitrogen and oxygen atoms in total. The Kier molecular flexibility index (Phi) is 3.22. The van der Waals surface area contributed by atoms with Crippen LogP contribution in [0.2, 0.25) is 0 Å². The number of ether oxygens (including phenoxy) is 1. The molecule has 1 aliphatic rings. The second-order valence-corrected chi connectivity index (χ2v) is 3.87. The Morgan fingerprint density at radius 2 is 2.13 bits per heavy atom. The molecule has 0 amide bonds. The molecule has 2 N–H and O–H groups in total. The van der Waals surface area contributed by atoms with Gasteiger partial charge in [-0.25, -0.2) is 0 Å². The Bertz CT molecular complexity index is 343. The molecule has 0 atom stereocenters. The lowest BCUT2D eigenvalue weighted by Gasteiger charge is -2.12. The highest BCUT2D eigenvalue weighted by Crippen LogP contribution is 2.24. The van der Waals surface area contributed by atoms with E-state index in [9.17, 15) is 0 Å². The Morgan fingerprint density at radius 3 is 2.87 bits per heavy atom. The fraction of sp³-hybridized carbons (Fsp3) is 0.417. The highest BCUT2D eigenvalue weighted by atomic mass is 16.5. The number of nitrogens with zero attached hydrogens (tertiary/aromatic N) is 1. The molecule has 0 bridgehead atoms. The van der Waals surface area contributed by atoms with Gasteiger partial charge in [0.2, 0.25) is 0 Å². The summed E-state index contributed by atoms with van der Waals surface area (Å²) < 4.78 is 5.86. The summed E-state index contributed by atoms with van der Waals surface area (Å²) >= 11 is 0. The summed E-state index contributed by atoms with van der Waals surface area (Å²) in [5.41, 5.74) is 0.980. The van der Waals surface area contributed by atoms with Gasteiger partial charge in [-0.05, 0) is 43.4 Å². The molecule has 1 aliphatic carbocycles. The first-order valence-corrected chi connectivity index (χ1v) is 5.38. The predicted molar refractivity (Wildman–Crippen MR) is 61.1 cm³/mol. The molecule has 0 aliphatic heterocycles. The molecular weight excluding hydrogens is 188 g/mol. The number of hydrogen-bond donors (Lipinski definition) is 1. The second kappa shape index (κ2) is 4.82. The minimum Gasteiger partial charge on any atom is -0.490 e. The Balaban J connectivity index is 2.03. The Hall–Kier alpha value is -1.51. The zero-order valence-corrected chi connectivity index (χ0v) is 8.73. The van der Waals surface area contributed by atoms with Crippen LogP contribution in [0.15, 0.2) is 29.4 Å². The molecule has 0 heterocycles. The minimum atomic E-state index is 0.398. The quantitative estimate of drug-likeness (QED) is 0.466. The van der Waals surface area contributed by atoms with E-state index in [2.05, 4.69) is 5.10 Å². The standard InChI is InChI=1S/C12H16N2O/c13-14-9-10-4-3-7-12(8-10)15-11-5-1-2-6-11/h3-4,7-9,11H,1-2,5-6,13H2. The van der Waals surface area contributed by atoms with Crippen LogP contribution in [-0.4, -0.2) is 12.3 Å². The number of benzene rings is 1. The lowest BCUT2D eigenvalue weighted by Crippen LogP contribution is -2.10. The van der Waals surface area contributed by atoms with E-state index in [-0.39, 0.29) is 0 Å². The third-order valence-electron chi connectivity index (χ3n) is 2.69. The summed E-state index contributed by atoms with van der Waals surface area (Å²) in [6.07, 6.45) is 6.95. The minimum absolute atomic E-state index is 0.398. The summed E-state index contributed by atoms with van der Waals surface area (Å²) in [5.74, 6) is 6.02. The molecule has 0 aromatic heterocycles. The van der Waals surface area contributed by atoms with Crippen molar-refractivity contribution in [3.05, 3.63) is 29.8 Å². The summed E-state index contributed by atoms with van der Waals surface area (Å²) in [5, 5.41) is 3.50. The molecule has 1 saturated carbocycles. The number of hydrogen-bond acceptors (Lipinski definition) is 3. The third kappa shape index (κ3) is 2.72. The van der Waals surface area contributed by atoms with Gasteiger partial charge in [-0.3, -0.25) is 0 Å². The van der Waals surface area contributed by atoms with Gasteiger partial charge in [-0.2, -0.15) is 5.10 Å². The van der Waals surface area contributed by atoms with Crippen molar-refractivity contribution in [3.63, 3.8) is 0 Å². The first-order valence-electron chi connectivity index (χ1n) is 5.38. The van der Waals surface area contributed by atoms with Gasteiger partial charge in [0.15, 0.2) is 0 Å². The molecule has 1 aromatic rings. The molecule has 15 heavy (non-hydrogen) atoms. The van der Waals surface area contributed by atoms with E-state index in [1.54, 1.807) is 6.21 Å². The van der Waals surface area contributed by atoms with Crippen LogP contribution in [0, 0.1) is 0 Å². The Labute approximate surface area is 89.9 Å². The maximum atomic E-state index is 5.86. The number of hydrazone groups is 1. The fourth-order valence-corrected chi connectivity index (χ4v) is 1.95. The normalized spacial score (nSPS) is 17.3. The van der Waals surface area contributed by atoms with E-state index in [0.717, 1.165) is 11.3 Å². The van der Waals surface area contributed by atoms with Crippen LogP contribution in [0.4, 0.5) is 0 Å². The largest absolute Gasteiger partial charge is 0.490 e. The summed E-state index contributed by atoms with van der Waals surface area (Å²) in [4.78, 5) is 0. The highest BCUT2D eigenvalue weighted by Gasteiger charge is 2.16. The van der Waals surface area contributed by atoms with Crippen LogP contribution in [0.5, 0.6) is 5.75 Å². The molecule has 0 saturated heterocycles. The van der Waals surface area contributed by atoms with Crippen LogP contribution >= 0.6 is 0 Å². The smallest absolute Gasteiger partial charge is 0.120 e. The molecule has 0 unspecified atom stereocenters. The van der Waals surface area contributed by atoms with Crippen LogP contribution in [0.1, 0.15) is 31.2 Å². The summed E-state index contributed by atoms with van der Waals surface area (Å²) in [6, 6.07) is 7.86. The van der Waals surface area contributed by atoms with E-state index in [4.69, 9.17) is 10.6 Å². The topological polar surface area (TPSA) is 47.6 Å². The zero-order valence-electron chi connectivity index (χ0n) is 8.73. The van der Waals surface area contributed by atoms with Gasteiger partial charge < -0.3 is 10.6 Å².